The SMILES string of the molecule is Cc1ccc(C(=O)NCCc2nnc3ccc(SCC(=O)Nc4ccc5c(c4)OCO5)nn23)cc1. The number of amides is 2. The first-order valence-electron chi connectivity index (χ1n) is 10.9. The maximum Gasteiger partial charge on any atom is 0.251 e. The van der Waals surface area contributed by atoms with Crippen molar-refractivity contribution in [3.63, 3.8) is 0 Å². The van der Waals surface area contributed by atoms with Crippen molar-refractivity contribution < 1.29 is 19.1 Å². The number of hydrogen-bond acceptors (Lipinski definition) is 8. The smallest absolute Gasteiger partial charge is 0.251 e. The molecule has 35 heavy (non-hydrogen) atoms. The number of aryl methyl sites for hydroxylation is 1. The van der Waals surface area contributed by atoms with Crippen molar-refractivity contribution in [1.82, 2.24) is 25.1 Å². The van der Waals surface area contributed by atoms with Gasteiger partial charge in [-0.3, -0.25) is 9.59 Å². The molecule has 2 amide bonds. The molecule has 2 aromatic heterocycles. The van der Waals surface area contributed by atoms with Crippen LogP contribution in [0.5, 0.6) is 11.5 Å². The van der Waals surface area contributed by atoms with E-state index < -0.39 is 0 Å². The fraction of sp³-hybridized carbons (Fsp3) is 0.208. The fourth-order valence-corrected chi connectivity index (χ4v) is 4.11. The lowest BCUT2D eigenvalue weighted by Crippen LogP contribution is -2.26. The molecule has 0 bridgehead atoms. The third kappa shape index (κ3) is 5.35. The van der Waals surface area contributed by atoms with Gasteiger partial charge < -0.3 is 20.1 Å². The van der Waals surface area contributed by atoms with Crippen LogP contribution in [0.25, 0.3) is 5.65 Å². The van der Waals surface area contributed by atoms with E-state index in [1.54, 1.807) is 47.0 Å². The first-order chi connectivity index (χ1) is 17.0. The Bertz CT molecular complexity index is 1390. The summed E-state index contributed by atoms with van der Waals surface area (Å²) >= 11 is 1.30. The predicted octanol–water partition coefficient (Wildman–Crippen LogP) is 2.86. The number of carbonyl (C=O) groups is 2. The molecule has 0 atom stereocenters. The van der Waals surface area contributed by atoms with Gasteiger partial charge in [0.1, 0.15) is 5.03 Å². The zero-order valence-electron chi connectivity index (χ0n) is 18.9. The van der Waals surface area contributed by atoms with Crippen LogP contribution < -0.4 is 20.1 Å². The van der Waals surface area contributed by atoms with E-state index in [2.05, 4.69) is 25.9 Å². The Labute approximate surface area is 205 Å². The number of fused-ring (bicyclic) bond motifs is 2. The van der Waals surface area contributed by atoms with Crippen molar-refractivity contribution in [2.75, 3.05) is 24.4 Å². The molecule has 10 nitrogen and oxygen atoms in total. The number of nitrogens with zero attached hydrogens (tertiary/aromatic N) is 4. The highest BCUT2D eigenvalue weighted by atomic mass is 32.2. The van der Waals surface area contributed by atoms with E-state index >= 15 is 0 Å². The van der Waals surface area contributed by atoms with Crippen LogP contribution >= 0.6 is 11.8 Å². The molecule has 0 spiro atoms. The first-order valence-corrected chi connectivity index (χ1v) is 11.9. The lowest BCUT2D eigenvalue weighted by molar-refractivity contribution is -0.113. The topological polar surface area (TPSA) is 120 Å². The van der Waals surface area contributed by atoms with Gasteiger partial charge in [-0.1, -0.05) is 29.5 Å². The fourth-order valence-electron chi connectivity index (χ4n) is 3.46. The highest BCUT2D eigenvalue weighted by Gasteiger charge is 2.15. The lowest BCUT2D eigenvalue weighted by atomic mass is 10.1. The minimum atomic E-state index is -0.168. The van der Waals surface area contributed by atoms with Crippen LogP contribution in [0.15, 0.2) is 59.6 Å². The maximum atomic E-state index is 12.4. The summed E-state index contributed by atoms with van der Waals surface area (Å²) in [6.07, 6.45) is 0.463. The van der Waals surface area contributed by atoms with Crippen LogP contribution in [0, 0.1) is 6.92 Å². The number of rotatable bonds is 8. The summed E-state index contributed by atoms with van der Waals surface area (Å²) in [4.78, 5) is 24.7. The second kappa shape index (κ2) is 10.0. The molecule has 2 aromatic carbocycles. The average molecular weight is 491 g/mol. The van der Waals surface area contributed by atoms with Crippen molar-refractivity contribution in [3.05, 3.63) is 71.5 Å². The Morgan fingerprint density at radius 1 is 1.03 bits per heavy atom. The van der Waals surface area contributed by atoms with Crippen LogP contribution in [0.1, 0.15) is 21.7 Å². The number of hydrogen-bond donors (Lipinski definition) is 2. The maximum absolute atomic E-state index is 12.4. The van der Waals surface area contributed by atoms with Gasteiger partial charge in [0.15, 0.2) is 23.0 Å². The van der Waals surface area contributed by atoms with Crippen molar-refractivity contribution in [3.8, 4) is 11.5 Å². The van der Waals surface area contributed by atoms with Gasteiger partial charge in [0.05, 0.1) is 5.75 Å². The van der Waals surface area contributed by atoms with E-state index in [-0.39, 0.29) is 24.4 Å². The Morgan fingerprint density at radius 3 is 2.71 bits per heavy atom. The van der Waals surface area contributed by atoms with E-state index in [4.69, 9.17) is 9.47 Å². The second-order valence-electron chi connectivity index (χ2n) is 7.83. The molecule has 0 aliphatic carbocycles. The van der Waals surface area contributed by atoms with E-state index in [0.29, 0.717) is 52.2 Å². The Morgan fingerprint density at radius 2 is 1.86 bits per heavy atom. The van der Waals surface area contributed by atoms with Gasteiger partial charge in [-0.05, 0) is 43.3 Å². The van der Waals surface area contributed by atoms with Crippen molar-refractivity contribution in [1.29, 1.82) is 0 Å². The summed E-state index contributed by atoms with van der Waals surface area (Å²) in [5, 5.41) is 19.3. The molecule has 0 saturated heterocycles. The summed E-state index contributed by atoms with van der Waals surface area (Å²) in [5.74, 6) is 1.76. The summed E-state index contributed by atoms with van der Waals surface area (Å²) in [6, 6.07) is 16.3. The summed E-state index contributed by atoms with van der Waals surface area (Å²) in [6.45, 7) is 2.55. The highest BCUT2D eigenvalue weighted by Crippen LogP contribution is 2.34. The summed E-state index contributed by atoms with van der Waals surface area (Å²) < 4.78 is 12.3. The zero-order valence-corrected chi connectivity index (χ0v) is 19.7. The largest absolute Gasteiger partial charge is 0.454 e. The molecule has 0 saturated carbocycles. The minimum Gasteiger partial charge on any atom is -0.454 e. The molecule has 11 heteroatoms. The van der Waals surface area contributed by atoms with Gasteiger partial charge in [0.2, 0.25) is 12.7 Å². The molecule has 0 fully saturated rings. The van der Waals surface area contributed by atoms with Crippen LogP contribution in [-0.4, -0.2) is 50.7 Å². The standard InChI is InChI=1S/C24H22N6O4S/c1-15-2-4-16(5-3-15)24(32)25-11-10-21-28-27-20-8-9-23(29-30(20)21)35-13-22(31)26-17-6-7-18-19(12-17)34-14-33-18/h2-9,12H,10-11,13-14H2,1H3,(H,25,32)(H,26,31). The van der Waals surface area contributed by atoms with Gasteiger partial charge in [-0.2, -0.15) is 9.61 Å². The van der Waals surface area contributed by atoms with Gasteiger partial charge in [0, 0.05) is 30.3 Å². The van der Waals surface area contributed by atoms with E-state index in [1.807, 2.05) is 19.1 Å². The molecular formula is C24H22N6O4S. The predicted molar refractivity (Wildman–Crippen MR) is 130 cm³/mol. The molecular weight excluding hydrogens is 468 g/mol. The van der Waals surface area contributed by atoms with Crippen LogP contribution in [0.4, 0.5) is 5.69 Å². The van der Waals surface area contributed by atoms with Crippen molar-refractivity contribution in [2.24, 2.45) is 0 Å². The highest BCUT2D eigenvalue weighted by molar-refractivity contribution is 7.99. The third-order valence-corrected chi connectivity index (χ3v) is 6.18. The number of benzene rings is 2. The number of nitrogens with one attached hydrogen (secondary N) is 2. The normalized spacial score (nSPS) is 12.0. The van der Waals surface area contributed by atoms with Gasteiger partial charge in [0.25, 0.3) is 5.91 Å². The Hall–Kier alpha value is -4.12. The number of carbonyl (C=O) groups excluding carboxylic acids is 2. The molecule has 3 heterocycles. The Balaban J connectivity index is 1.16. The van der Waals surface area contributed by atoms with Crippen LogP contribution in [0.2, 0.25) is 0 Å². The van der Waals surface area contributed by atoms with E-state index in [9.17, 15) is 9.59 Å². The van der Waals surface area contributed by atoms with Crippen molar-refractivity contribution >= 4 is 34.9 Å². The lowest BCUT2D eigenvalue weighted by Gasteiger charge is -2.07. The van der Waals surface area contributed by atoms with Crippen molar-refractivity contribution in [2.45, 2.75) is 18.4 Å². The first kappa shape index (κ1) is 22.7. The molecule has 1 aliphatic heterocycles. The zero-order chi connectivity index (χ0) is 24.2. The quantitative estimate of drug-likeness (QED) is 0.362. The molecule has 0 unspecified atom stereocenters. The third-order valence-electron chi connectivity index (χ3n) is 5.26. The minimum absolute atomic E-state index is 0.142. The molecule has 2 N–H and O–H groups in total. The monoisotopic (exact) mass is 490 g/mol. The van der Waals surface area contributed by atoms with E-state index in [1.165, 1.54) is 11.8 Å². The van der Waals surface area contributed by atoms with E-state index in [0.717, 1.165) is 5.56 Å². The molecule has 1 aliphatic rings. The second-order valence-corrected chi connectivity index (χ2v) is 8.83. The molecule has 178 valence electrons. The number of aromatic nitrogens is 4. The van der Waals surface area contributed by atoms with Crippen LogP contribution in [-0.2, 0) is 11.2 Å². The molecule has 5 rings (SSSR count). The van der Waals surface area contributed by atoms with Gasteiger partial charge >= 0.3 is 0 Å². The summed E-state index contributed by atoms with van der Waals surface area (Å²) in [7, 11) is 0. The number of ether oxygens (including phenoxy) is 2. The number of thioether (sulfide) groups is 1. The van der Waals surface area contributed by atoms with Gasteiger partial charge in [-0.25, -0.2) is 0 Å². The average Bonchev–Trinajstić information content (AvgIpc) is 3.49. The van der Waals surface area contributed by atoms with Crippen LogP contribution in [0.3, 0.4) is 0 Å². The number of anilines is 1. The molecule has 0 radical (unpaired) electrons. The summed E-state index contributed by atoms with van der Waals surface area (Å²) in [5.41, 5.74) is 2.94. The molecule has 4 aromatic rings. The van der Waals surface area contributed by atoms with Gasteiger partial charge in [-0.15, -0.1) is 10.2 Å². The Kier molecular flexibility index (Phi) is 6.49.